The molecule has 0 amide bonds. The summed E-state index contributed by atoms with van der Waals surface area (Å²) in [6, 6.07) is 5.31. The highest BCUT2D eigenvalue weighted by atomic mass is 19.1. The minimum Gasteiger partial charge on any atom is -0.315 e. The number of piperidine rings is 1. The second-order valence-corrected chi connectivity index (χ2v) is 4.69. The van der Waals surface area contributed by atoms with E-state index in [1.807, 2.05) is 13.0 Å². The number of benzene rings is 1. The van der Waals surface area contributed by atoms with Crippen LogP contribution in [0.15, 0.2) is 18.2 Å². The van der Waals surface area contributed by atoms with Crippen LogP contribution in [-0.2, 0) is 0 Å². The number of halogens is 1. The van der Waals surface area contributed by atoms with Crippen LogP contribution >= 0.6 is 0 Å². The smallest absolute Gasteiger partial charge is 0.124 e. The fraction of sp³-hybridized carbons (Fsp3) is 0.462. The van der Waals surface area contributed by atoms with E-state index in [4.69, 9.17) is 0 Å². The molecule has 1 N–H and O–H groups in total. The molecule has 1 saturated heterocycles. The van der Waals surface area contributed by atoms with Crippen LogP contribution in [0.25, 0.3) is 10.9 Å². The van der Waals surface area contributed by atoms with Crippen molar-refractivity contribution in [1.29, 1.82) is 0 Å². The summed E-state index contributed by atoms with van der Waals surface area (Å²) < 4.78 is 15.3. The topological polar surface area (TPSA) is 29.9 Å². The molecule has 90 valence electrons. The molecule has 0 saturated carbocycles. The van der Waals surface area contributed by atoms with Crippen molar-refractivity contribution in [2.75, 3.05) is 13.1 Å². The lowest BCUT2D eigenvalue weighted by atomic mass is 10.1. The van der Waals surface area contributed by atoms with E-state index in [0.717, 1.165) is 36.1 Å². The Balaban J connectivity index is 2.10. The molecule has 1 aromatic heterocycles. The summed E-state index contributed by atoms with van der Waals surface area (Å²) in [6.45, 7) is 3.98. The van der Waals surface area contributed by atoms with Crippen LogP contribution in [0, 0.1) is 12.7 Å². The summed E-state index contributed by atoms with van der Waals surface area (Å²) >= 11 is 0. The molecule has 17 heavy (non-hydrogen) atoms. The monoisotopic (exact) mass is 233 g/mol. The van der Waals surface area contributed by atoms with Crippen LogP contribution in [-0.4, -0.2) is 22.9 Å². The summed E-state index contributed by atoms with van der Waals surface area (Å²) in [7, 11) is 0. The molecule has 4 heteroatoms. The van der Waals surface area contributed by atoms with Crippen molar-refractivity contribution >= 4 is 10.9 Å². The number of nitrogens with zero attached hydrogens (tertiary/aromatic N) is 2. The van der Waals surface area contributed by atoms with Gasteiger partial charge in [0.25, 0.3) is 0 Å². The van der Waals surface area contributed by atoms with Gasteiger partial charge in [-0.3, -0.25) is 4.68 Å². The number of rotatable bonds is 1. The molecule has 1 aliphatic heterocycles. The van der Waals surface area contributed by atoms with Gasteiger partial charge in [-0.25, -0.2) is 4.39 Å². The lowest BCUT2D eigenvalue weighted by Gasteiger charge is -2.23. The first-order valence-electron chi connectivity index (χ1n) is 6.11. The number of aryl methyl sites for hydroxylation is 1. The van der Waals surface area contributed by atoms with Gasteiger partial charge in [0.2, 0.25) is 0 Å². The van der Waals surface area contributed by atoms with Crippen LogP contribution in [0.2, 0.25) is 0 Å². The van der Waals surface area contributed by atoms with E-state index in [2.05, 4.69) is 15.1 Å². The van der Waals surface area contributed by atoms with Gasteiger partial charge in [0.1, 0.15) is 5.82 Å². The standard InChI is InChI=1S/C13H16FN3/c1-9-12-7-10(14)4-5-13(12)17(16-9)11-3-2-6-15-8-11/h4-5,7,11,15H,2-3,6,8H2,1H3. The maximum absolute atomic E-state index is 13.2. The predicted molar refractivity (Wildman–Crippen MR) is 65.6 cm³/mol. The van der Waals surface area contributed by atoms with Gasteiger partial charge in [-0.1, -0.05) is 0 Å². The zero-order valence-electron chi connectivity index (χ0n) is 9.91. The third-order valence-electron chi connectivity index (χ3n) is 3.47. The molecular formula is C13H16FN3. The average molecular weight is 233 g/mol. The molecule has 0 aliphatic carbocycles. The van der Waals surface area contributed by atoms with E-state index in [0.29, 0.717) is 6.04 Å². The molecular weight excluding hydrogens is 217 g/mol. The van der Waals surface area contributed by atoms with Crippen molar-refractivity contribution in [3.05, 3.63) is 29.7 Å². The maximum Gasteiger partial charge on any atom is 0.124 e. The van der Waals surface area contributed by atoms with E-state index < -0.39 is 0 Å². The summed E-state index contributed by atoms with van der Waals surface area (Å²) in [5.74, 6) is -0.193. The Hall–Kier alpha value is -1.42. The summed E-state index contributed by atoms with van der Waals surface area (Å²) in [4.78, 5) is 0. The second-order valence-electron chi connectivity index (χ2n) is 4.69. The maximum atomic E-state index is 13.2. The van der Waals surface area contributed by atoms with Gasteiger partial charge < -0.3 is 5.32 Å². The third-order valence-corrected chi connectivity index (χ3v) is 3.47. The first-order valence-corrected chi connectivity index (χ1v) is 6.11. The molecule has 2 aromatic rings. The number of nitrogens with one attached hydrogen (secondary N) is 1. The molecule has 1 unspecified atom stereocenters. The van der Waals surface area contributed by atoms with Crippen molar-refractivity contribution in [1.82, 2.24) is 15.1 Å². The van der Waals surface area contributed by atoms with Crippen LogP contribution in [0.1, 0.15) is 24.6 Å². The Bertz CT molecular complexity index is 541. The first kappa shape index (κ1) is 10.7. The SMILES string of the molecule is Cc1nn(C2CCCNC2)c2ccc(F)cc12. The number of aromatic nitrogens is 2. The lowest BCUT2D eigenvalue weighted by Crippen LogP contribution is -2.32. The number of fused-ring (bicyclic) bond motifs is 1. The molecule has 0 bridgehead atoms. The average Bonchev–Trinajstić information content (AvgIpc) is 2.68. The van der Waals surface area contributed by atoms with Gasteiger partial charge in [0.15, 0.2) is 0 Å². The zero-order valence-corrected chi connectivity index (χ0v) is 9.91. The third kappa shape index (κ3) is 1.82. The Kier molecular flexibility index (Phi) is 2.59. The van der Waals surface area contributed by atoms with Crippen molar-refractivity contribution in [3.63, 3.8) is 0 Å². The first-order chi connectivity index (χ1) is 8.25. The van der Waals surface area contributed by atoms with E-state index in [-0.39, 0.29) is 5.82 Å². The van der Waals surface area contributed by atoms with Gasteiger partial charge >= 0.3 is 0 Å². The summed E-state index contributed by atoms with van der Waals surface area (Å²) in [6.07, 6.45) is 2.31. The Morgan fingerprint density at radius 3 is 3.12 bits per heavy atom. The molecule has 1 fully saturated rings. The minimum absolute atomic E-state index is 0.193. The molecule has 1 atom stereocenters. The molecule has 3 rings (SSSR count). The Morgan fingerprint density at radius 1 is 1.47 bits per heavy atom. The Morgan fingerprint density at radius 2 is 2.35 bits per heavy atom. The van der Waals surface area contributed by atoms with Gasteiger partial charge in [0, 0.05) is 11.9 Å². The predicted octanol–water partition coefficient (Wildman–Crippen LogP) is 2.41. The fourth-order valence-corrected chi connectivity index (χ4v) is 2.59. The van der Waals surface area contributed by atoms with Crippen LogP contribution < -0.4 is 5.32 Å². The van der Waals surface area contributed by atoms with Crippen LogP contribution in [0.4, 0.5) is 4.39 Å². The molecule has 2 heterocycles. The number of hydrogen-bond acceptors (Lipinski definition) is 2. The van der Waals surface area contributed by atoms with Crippen molar-refractivity contribution < 1.29 is 4.39 Å². The lowest BCUT2D eigenvalue weighted by molar-refractivity contribution is 0.354. The largest absolute Gasteiger partial charge is 0.315 e. The van der Waals surface area contributed by atoms with Crippen molar-refractivity contribution in [3.8, 4) is 0 Å². The van der Waals surface area contributed by atoms with Gasteiger partial charge in [-0.2, -0.15) is 5.10 Å². The molecule has 0 radical (unpaired) electrons. The van der Waals surface area contributed by atoms with Crippen molar-refractivity contribution in [2.24, 2.45) is 0 Å². The van der Waals surface area contributed by atoms with Gasteiger partial charge in [-0.05, 0) is 44.5 Å². The van der Waals surface area contributed by atoms with E-state index in [9.17, 15) is 4.39 Å². The molecule has 0 spiro atoms. The van der Waals surface area contributed by atoms with Crippen molar-refractivity contribution in [2.45, 2.75) is 25.8 Å². The fourth-order valence-electron chi connectivity index (χ4n) is 2.59. The highest BCUT2D eigenvalue weighted by Crippen LogP contribution is 2.25. The highest BCUT2D eigenvalue weighted by Gasteiger charge is 2.19. The van der Waals surface area contributed by atoms with Crippen LogP contribution in [0.5, 0.6) is 0 Å². The number of hydrogen-bond donors (Lipinski definition) is 1. The summed E-state index contributed by atoms with van der Waals surface area (Å²) in [5.41, 5.74) is 1.95. The molecule has 3 nitrogen and oxygen atoms in total. The molecule has 1 aromatic carbocycles. The minimum atomic E-state index is -0.193. The highest BCUT2D eigenvalue weighted by molar-refractivity contribution is 5.81. The zero-order chi connectivity index (χ0) is 11.8. The van der Waals surface area contributed by atoms with Gasteiger partial charge in [0.05, 0.1) is 17.3 Å². The van der Waals surface area contributed by atoms with Crippen LogP contribution in [0.3, 0.4) is 0 Å². The van der Waals surface area contributed by atoms with E-state index in [1.54, 1.807) is 6.07 Å². The van der Waals surface area contributed by atoms with E-state index >= 15 is 0 Å². The quantitative estimate of drug-likeness (QED) is 0.819. The van der Waals surface area contributed by atoms with Gasteiger partial charge in [-0.15, -0.1) is 0 Å². The molecule has 1 aliphatic rings. The normalized spacial score (nSPS) is 20.9. The second kappa shape index (κ2) is 4.11. The van der Waals surface area contributed by atoms with E-state index in [1.165, 1.54) is 12.5 Å². The Labute approximate surface area is 99.6 Å². The summed E-state index contributed by atoms with van der Waals surface area (Å²) in [5, 5.41) is 8.87.